The molecule has 1 N–H and O–H groups in total. The first-order chi connectivity index (χ1) is 4.70. The minimum absolute atomic E-state index is 0. The van der Waals surface area contributed by atoms with Crippen LogP contribution >= 0.6 is 0 Å². The number of ether oxygens (including phenoxy) is 1. The molecule has 0 aromatic heterocycles. The first-order valence-corrected chi connectivity index (χ1v) is 3.63. The highest BCUT2D eigenvalue weighted by atomic mass is 16.5. The molecule has 10 heavy (non-hydrogen) atoms. The molecule has 1 unspecified atom stereocenters. The average Bonchev–Trinajstić information content (AvgIpc) is 2.15. The Morgan fingerprint density at radius 3 is 2.90 bits per heavy atom. The summed E-state index contributed by atoms with van der Waals surface area (Å²) in [5.41, 5.74) is 0. The Morgan fingerprint density at radius 2 is 2.50 bits per heavy atom. The second kappa shape index (κ2) is 3.01. The summed E-state index contributed by atoms with van der Waals surface area (Å²) in [4.78, 5) is 10.8. The number of carbonyl (C=O) groups excluding carboxylic acids is 1. The standard InChI is InChI=1S/C7H13NO2.H2/c1-5(2)8-6-3-4-10-7(6)9;/h5-6,8H,3-4H2,1-2H3;1H. The van der Waals surface area contributed by atoms with Crippen LogP contribution in [0.5, 0.6) is 0 Å². The van der Waals surface area contributed by atoms with E-state index in [2.05, 4.69) is 5.32 Å². The van der Waals surface area contributed by atoms with Crippen LogP contribution in [0, 0.1) is 0 Å². The normalized spacial score (nSPS) is 25.5. The van der Waals surface area contributed by atoms with Crippen LogP contribution in [-0.2, 0) is 9.53 Å². The molecule has 1 aliphatic heterocycles. The summed E-state index contributed by atoms with van der Waals surface area (Å²) in [6.07, 6.45) is 0.816. The lowest BCUT2D eigenvalue weighted by atomic mass is 10.2. The van der Waals surface area contributed by atoms with E-state index in [1.165, 1.54) is 0 Å². The molecule has 0 aliphatic carbocycles. The van der Waals surface area contributed by atoms with E-state index >= 15 is 0 Å². The predicted octanol–water partition coefficient (Wildman–Crippen LogP) is 0.546. The Bertz CT molecular complexity index is 138. The Morgan fingerprint density at radius 1 is 1.80 bits per heavy atom. The van der Waals surface area contributed by atoms with E-state index in [1.54, 1.807) is 0 Å². The van der Waals surface area contributed by atoms with Gasteiger partial charge in [0, 0.05) is 13.9 Å². The maximum Gasteiger partial charge on any atom is 0.323 e. The first-order valence-electron chi connectivity index (χ1n) is 3.63. The third kappa shape index (κ3) is 1.70. The largest absolute Gasteiger partial charge is 0.464 e. The lowest BCUT2D eigenvalue weighted by Gasteiger charge is -2.10. The van der Waals surface area contributed by atoms with E-state index in [9.17, 15) is 4.79 Å². The van der Waals surface area contributed by atoms with E-state index < -0.39 is 0 Å². The smallest absolute Gasteiger partial charge is 0.323 e. The maximum atomic E-state index is 10.8. The van der Waals surface area contributed by atoms with Crippen LogP contribution in [0.2, 0.25) is 0 Å². The Kier molecular flexibility index (Phi) is 2.27. The molecule has 0 spiro atoms. The van der Waals surface area contributed by atoms with Crippen molar-refractivity contribution in [1.82, 2.24) is 5.32 Å². The van der Waals surface area contributed by atoms with Gasteiger partial charge in [-0.25, -0.2) is 0 Å². The lowest BCUT2D eigenvalue weighted by molar-refractivity contribution is -0.139. The highest BCUT2D eigenvalue weighted by Gasteiger charge is 2.26. The van der Waals surface area contributed by atoms with Gasteiger partial charge in [0.15, 0.2) is 0 Å². The summed E-state index contributed by atoms with van der Waals surface area (Å²) in [5, 5.41) is 3.12. The molecule has 0 radical (unpaired) electrons. The minimum atomic E-state index is -0.103. The number of cyclic esters (lactones) is 1. The molecule has 0 saturated carbocycles. The number of carbonyl (C=O) groups is 1. The Labute approximate surface area is 62.2 Å². The van der Waals surface area contributed by atoms with Crippen LogP contribution in [0.3, 0.4) is 0 Å². The van der Waals surface area contributed by atoms with Crippen molar-refractivity contribution in [3.63, 3.8) is 0 Å². The minimum Gasteiger partial charge on any atom is -0.464 e. The zero-order valence-electron chi connectivity index (χ0n) is 6.39. The molecular formula is C7H15NO2. The molecule has 0 amide bonds. The summed E-state index contributed by atoms with van der Waals surface area (Å²) >= 11 is 0. The number of hydrogen-bond donors (Lipinski definition) is 1. The number of rotatable bonds is 2. The predicted molar refractivity (Wildman–Crippen MR) is 39.7 cm³/mol. The fourth-order valence-corrected chi connectivity index (χ4v) is 1.05. The van der Waals surface area contributed by atoms with Gasteiger partial charge in [0.2, 0.25) is 0 Å². The molecule has 60 valence electrons. The van der Waals surface area contributed by atoms with E-state index in [0.717, 1.165) is 6.42 Å². The van der Waals surface area contributed by atoms with Crippen molar-refractivity contribution in [3.05, 3.63) is 0 Å². The van der Waals surface area contributed by atoms with Crippen molar-refractivity contribution < 1.29 is 11.0 Å². The van der Waals surface area contributed by atoms with Crippen LogP contribution < -0.4 is 5.32 Å². The van der Waals surface area contributed by atoms with Gasteiger partial charge in [0.1, 0.15) is 6.04 Å². The van der Waals surface area contributed by atoms with Gasteiger partial charge in [-0.2, -0.15) is 0 Å². The molecule has 0 bridgehead atoms. The van der Waals surface area contributed by atoms with Crippen LogP contribution in [0.1, 0.15) is 21.7 Å². The van der Waals surface area contributed by atoms with Crippen molar-refractivity contribution in [2.45, 2.75) is 32.4 Å². The third-order valence-corrected chi connectivity index (χ3v) is 1.47. The second-order valence-electron chi connectivity index (χ2n) is 2.83. The van der Waals surface area contributed by atoms with Gasteiger partial charge in [-0.1, -0.05) is 13.8 Å². The molecule has 1 fully saturated rings. The quantitative estimate of drug-likeness (QED) is 0.576. The van der Waals surface area contributed by atoms with Crippen molar-refractivity contribution in [1.29, 1.82) is 0 Å². The van der Waals surface area contributed by atoms with Gasteiger partial charge in [0.25, 0.3) is 0 Å². The number of nitrogens with one attached hydrogen (secondary N) is 1. The van der Waals surface area contributed by atoms with Crippen molar-refractivity contribution in [2.24, 2.45) is 0 Å². The number of hydrogen-bond acceptors (Lipinski definition) is 3. The summed E-state index contributed by atoms with van der Waals surface area (Å²) < 4.78 is 4.76. The molecule has 3 nitrogen and oxygen atoms in total. The van der Waals surface area contributed by atoms with Gasteiger partial charge in [0.05, 0.1) is 6.61 Å². The number of esters is 1. The van der Waals surface area contributed by atoms with E-state index in [4.69, 9.17) is 4.74 Å². The molecule has 1 rings (SSSR count). The monoisotopic (exact) mass is 145 g/mol. The zero-order chi connectivity index (χ0) is 7.56. The summed E-state index contributed by atoms with van der Waals surface area (Å²) in [6, 6.07) is 0.302. The second-order valence-corrected chi connectivity index (χ2v) is 2.83. The topological polar surface area (TPSA) is 38.3 Å². The summed E-state index contributed by atoms with van der Waals surface area (Å²) in [5.74, 6) is -0.103. The van der Waals surface area contributed by atoms with Gasteiger partial charge in [-0.05, 0) is 0 Å². The van der Waals surface area contributed by atoms with Crippen LogP contribution in [0.4, 0.5) is 0 Å². The van der Waals surface area contributed by atoms with Gasteiger partial charge < -0.3 is 10.1 Å². The molecular weight excluding hydrogens is 130 g/mol. The van der Waals surface area contributed by atoms with E-state index in [0.29, 0.717) is 12.6 Å². The Balaban J connectivity index is 0.000001000. The molecule has 0 aromatic rings. The summed E-state index contributed by atoms with van der Waals surface area (Å²) in [7, 11) is 0. The average molecular weight is 145 g/mol. The Hall–Kier alpha value is -0.570. The highest BCUT2D eigenvalue weighted by molar-refractivity contribution is 5.77. The van der Waals surface area contributed by atoms with Crippen molar-refractivity contribution in [2.75, 3.05) is 6.61 Å². The molecule has 1 saturated heterocycles. The van der Waals surface area contributed by atoms with E-state index in [1.807, 2.05) is 13.8 Å². The molecule has 0 aromatic carbocycles. The third-order valence-electron chi connectivity index (χ3n) is 1.47. The highest BCUT2D eigenvalue weighted by Crippen LogP contribution is 2.05. The molecule has 1 heterocycles. The molecule has 3 heteroatoms. The van der Waals surface area contributed by atoms with Gasteiger partial charge >= 0.3 is 5.97 Å². The van der Waals surface area contributed by atoms with E-state index in [-0.39, 0.29) is 13.4 Å². The lowest BCUT2D eigenvalue weighted by Crippen LogP contribution is -2.37. The summed E-state index contributed by atoms with van der Waals surface area (Å²) in [6.45, 7) is 4.61. The molecule has 1 atom stereocenters. The van der Waals surface area contributed by atoms with Crippen LogP contribution in [-0.4, -0.2) is 24.7 Å². The van der Waals surface area contributed by atoms with Crippen LogP contribution in [0.25, 0.3) is 0 Å². The first kappa shape index (κ1) is 7.54. The van der Waals surface area contributed by atoms with Gasteiger partial charge in [-0.15, -0.1) is 0 Å². The van der Waals surface area contributed by atoms with Crippen molar-refractivity contribution >= 4 is 5.97 Å². The van der Waals surface area contributed by atoms with Crippen LogP contribution in [0.15, 0.2) is 0 Å². The van der Waals surface area contributed by atoms with Gasteiger partial charge in [-0.3, -0.25) is 4.79 Å². The SMILES string of the molecule is CC(C)NC1CCOC1=O.[HH]. The fraction of sp³-hybridized carbons (Fsp3) is 0.857. The fourth-order valence-electron chi connectivity index (χ4n) is 1.05. The zero-order valence-corrected chi connectivity index (χ0v) is 6.39. The molecule has 1 aliphatic rings. The maximum absolute atomic E-state index is 10.8. The van der Waals surface area contributed by atoms with Crippen molar-refractivity contribution in [3.8, 4) is 0 Å².